The zero-order valence-electron chi connectivity index (χ0n) is 9.49. The molecule has 2 aliphatic rings. The molecule has 3 nitrogen and oxygen atoms in total. The summed E-state index contributed by atoms with van der Waals surface area (Å²) in [6, 6.07) is 2.49. The van der Waals surface area contributed by atoms with Crippen LogP contribution in [0.5, 0.6) is 0 Å². The molecule has 0 bridgehead atoms. The van der Waals surface area contributed by atoms with Crippen molar-refractivity contribution in [1.29, 1.82) is 5.26 Å². The van der Waals surface area contributed by atoms with Crippen molar-refractivity contribution in [2.24, 2.45) is 0 Å². The fraction of sp³-hybridized carbons (Fsp3) is 0.917. The van der Waals surface area contributed by atoms with E-state index in [9.17, 15) is 5.26 Å². The normalized spacial score (nSPS) is 25.3. The number of nitrogens with zero attached hydrogens (tertiary/aromatic N) is 3. The van der Waals surface area contributed by atoms with E-state index < -0.39 is 0 Å². The van der Waals surface area contributed by atoms with E-state index >= 15 is 0 Å². The predicted octanol–water partition coefficient (Wildman–Crippen LogP) is 1.81. The molecule has 0 amide bonds. The lowest BCUT2D eigenvalue weighted by molar-refractivity contribution is 0.0522. The van der Waals surface area contributed by atoms with Crippen LogP contribution in [0.15, 0.2) is 0 Å². The molecule has 0 aromatic carbocycles. The Morgan fingerprint density at radius 1 is 0.733 bits per heavy atom. The van der Waals surface area contributed by atoms with E-state index in [-0.39, 0.29) is 6.17 Å². The van der Waals surface area contributed by atoms with Gasteiger partial charge in [-0.3, -0.25) is 9.80 Å². The first-order valence-electron chi connectivity index (χ1n) is 6.29. The summed E-state index contributed by atoms with van der Waals surface area (Å²) in [5, 5.41) is 9.30. The third kappa shape index (κ3) is 2.70. The van der Waals surface area contributed by atoms with Crippen LogP contribution in [0, 0.1) is 11.3 Å². The Morgan fingerprint density at radius 2 is 1.13 bits per heavy atom. The van der Waals surface area contributed by atoms with Crippen LogP contribution in [0.2, 0.25) is 0 Å². The average molecular weight is 207 g/mol. The number of hydrogen-bond donors (Lipinski definition) is 0. The Morgan fingerprint density at radius 3 is 1.47 bits per heavy atom. The van der Waals surface area contributed by atoms with Gasteiger partial charge in [0.15, 0.2) is 6.17 Å². The monoisotopic (exact) mass is 207 g/mol. The molecule has 2 rings (SSSR count). The molecule has 0 saturated carbocycles. The molecule has 0 atom stereocenters. The molecule has 2 saturated heterocycles. The molecule has 0 unspecified atom stereocenters. The molecule has 0 aromatic rings. The highest BCUT2D eigenvalue weighted by molar-refractivity contribution is 4.93. The van der Waals surface area contributed by atoms with E-state index in [0.717, 1.165) is 26.2 Å². The van der Waals surface area contributed by atoms with Gasteiger partial charge in [0.05, 0.1) is 6.07 Å². The number of piperidine rings is 2. The summed E-state index contributed by atoms with van der Waals surface area (Å²) >= 11 is 0. The fourth-order valence-corrected chi connectivity index (χ4v) is 2.72. The lowest BCUT2D eigenvalue weighted by Crippen LogP contribution is -2.51. The molecule has 0 aromatic heterocycles. The second-order valence-corrected chi connectivity index (χ2v) is 4.70. The molecule has 3 heteroatoms. The van der Waals surface area contributed by atoms with Gasteiger partial charge in [0.1, 0.15) is 0 Å². The molecule has 15 heavy (non-hydrogen) atoms. The highest BCUT2D eigenvalue weighted by atomic mass is 15.4. The smallest absolute Gasteiger partial charge is 0.152 e. The summed E-state index contributed by atoms with van der Waals surface area (Å²) in [6.45, 7) is 4.48. The molecule has 84 valence electrons. The Balaban J connectivity index is 1.92. The number of nitriles is 1. The molecule has 0 aliphatic carbocycles. The Bertz CT molecular complexity index is 204. The molecular formula is C12H21N3. The van der Waals surface area contributed by atoms with Crippen LogP contribution >= 0.6 is 0 Å². The first-order chi connectivity index (χ1) is 7.42. The Labute approximate surface area is 92.7 Å². The van der Waals surface area contributed by atoms with Crippen LogP contribution < -0.4 is 0 Å². The van der Waals surface area contributed by atoms with E-state index in [1.54, 1.807) is 0 Å². The van der Waals surface area contributed by atoms with Gasteiger partial charge in [0.25, 0.3) is 0 Å². The summed E-state index contributed by atoms with van der Waals surface area (Å²) in [7, 11) is 0. The largest absolute Gasteiger partial charge is 0.276 e. The highest BCUT2D eigenvalue weighted by Crippen LogP contribution is 2.18. The van der Waals surface area contributed by atoms with Crippen LogP contribution in [0.3, 0.4) is 0 Å². The summed E-state index contributed by atoms with van der Waals surface area (Å²) in [6.07, 6.45) is 7.82. The lowest BCUT2D eigenvalue weighted by atomic mass is 10.1. The standard InChI is InChI=1S/C12H21N3/c13-11-12(14-7-3-1-4-8-14)15-9-5-2-6-10-15/h12H,1-10H2. The van der Waals surface area contributed by atoms with Gasteiger partial charge >= 0.3 is 0 Å². The number of rotatable bonds is 2. The second kappa shape index (κ2) is 5.48. The van der Waals surface area contributed by atoms with Gasteiger partial charge in [-0.1, -0.05) is 12.8 Å². The number of hydrogen-bond acceptors (Lipinski definition) is 3. The SMILES string of the molecule is N#CC(N1CCCCC1)N1CCCCC1. The van der Waals surface area contributed by atoms with Crippen molar-refractivity contribution in [1.82, 2.24) is 9.80 Å². The zero-order valence-corrected chi connectivity index (χ0v) is 9.49. The predicted molar refractivity (Wildman–Crippen MR) is 60.2 cm³/mol. The summed E-state index contributed by atoms with van der Waals surface area (Å²) in [5.74, 6) is 0. The molecule has 0 spiro atoms. The van der Waals surface area contributed by atoms with Crippen LogP contribution in [-0.2, 0) is 0 Å². The first kappa shape index (κ1) is 10.9. The van der Waals surface area contributed by atoms with Gasteiger partial charge in [0.2, 0.25) is 0 Å². The minimum absolute atomic E-state index is 0.0607. The van der Waals surface area contributed by atoms with Crippen molar-refractivity contribution in [2.45, 2.75) is 44.7 Å². The summed E-state index contributed by atoms with van der Waals surface area (Å²) in [5.41, 5.74) is 0. The van der Waals surface area contributed by atoms with E-state index in [1.807, 2.05) is 0 Å². The van der Waals surface area contributed by atoms with Crippen molar-refractivity contribution < 1.29 is 0 Å². The topological polar surface area (TPSA) is 30.3 Å². The van der Waals surface area contributed by atoms with Gasteiger partial charge in [-0.15, -0.1) is 0 Å². The maximum atomic E-state index is 9.30. The zero-order chi connectivity index (χ0) is 10.5. The molecule has 0 radical (unpaired) electrons. The third-order valence-corrected chi connectivity index (χ3v) is 3.59. The quantitative estimate of drug-likeness (QED) is 0.692. The molecule has 2 fully saturated rings. The molecule has 0 N–H and O–H groups in total. The van der Waals surface area contributed by atoms with Crippen molar-refractivity contribution in [3.8, 4) is 6.07 Å². The number of likely N-dealkylation sites (tertiary alicyclic amines) is 2. The average Bonchev–Trinajstić information content (AvgIpc) is 2.33. The lowest BCUT2D eigenvalue weighted by Gasteiger charge is -2.39. The van der Waals surface area contributed by atoms with Crippen molar-refractivity contribution in [3.63, 3.8) is 0 Å². The van der Waals surface area contributed by atoms with E-state index in [1.165, 1.54) is 38.5 Å². The second-order valence-electron chi connectivity index (χ2n) is 4.70. The van der Waals surface area contributed by atoms with Crippen molar-refractivity contribution in [3.05, 3.63) is 0 Å². The van der Waals surface area contributed by atoms with Crippen LogP contribution in [-0.4, -0.2) is 42.1 Å². The van der Waals surface area contributed by atoms with Crippen molar-refractivity contribution >= 4 is 0 Å². The van der Waals surface area contributed by atoms with Gasteiger partial charge in [-0.25, -0.2) is 0 Å². The van der Waals surface area contributed by atoms with Crippen LogP contribution in [0.1, 0.15) is 38.5 Å². The maximum Gasteiger partial charge on any atom is 0.152 e. The molecule has 2 heterocycles. The van der Waals surface area contributed by atoms with E-state index in [4.69, 9.17) is 0 Å². The minimum atomic E-state index is 0.0607. The van der Waals surface area contributed by atoms with Gasteiger partial charge in [-0.05, 0) is 25.7 Å². The van der Waals surface area contributed by atoms with Crippen LogP contribution in [0.4, 0.5) is 0 Å². The minimum Gasteiger partial charge on any atom is -0.276 e. The molecular weight excluding hydrogens is 186 g/mol. The van der Waals surface area contributed by atoms with E-state index in [2.05, 4.69) is 15.9 Å². The van der Waals surface area contributed by atoms with Crippen molar-refractivity contribution in [2.75, 3.05) is 26.2 Å². The van der Waals surface area contributed by atoms with Gasteiger partial charge in [0, 0.05) is 26.2 Å². The van der Waals surface area contributed by atoms with Crippen LogP contribution in [0.25, 0.3) is 0 Å². The van der Waals surface area contributed by atoms with Gasteiger partial charge in [-0.2, -0.15) is 5.26 Å². The summed E-state index contributed by atoms with van der Waals surface area (Å²) in [4.78, 5) is 4.74. The molecule has 2 aliphatic heterocycles. The maximum absolute atomic E-state index is 9.30. The summed E-state index contributed by atoms with van der Waals surface area (Å²) < 4.78 is 0. The Kier molecular flexibility index (Phi) is 3.99. The van der Waals surface area contributed by atoms with Gasteiger partial charge < -0.3 is 0 Å². The van der Waals surface area contributed by atoms with E-state index in [0.29, 0.717) is 0 Å². The highest BCUT2D eigenvalue weighted by Gasteiger charge is 2.26. The Hall–Kier alpha value is -0.590. The first-order valence-corrected chi connectivity index (χ1v) is 6.29. The third-order valence-electron chi connectivity index (χ3n) is 3.59. The fourth-order valence-electron chi connectivity index (χ4n) is 2.72.